The molecule has 2 heteroatoms. The Kier molecular flexibility index (Phi) is 9.67. The van der Waals surface area contributed by atoms with Crippen LogP contribution in [0.25, 0.3) is 93.2 Å². The van der Waals surface area contributed by atoms with E-state index in [1.165, 1.54) is 104 Å². The predicted octanol–water partition coefficient (Wildman–Crippen LogP) is 18.7. The average molecular weight is 875 g/mol. The Balaban J connectivity index is 1.08. The van der Waals surface area contributed by atoms with E-state index in [0.29, 0.717) is 0 Å². The molecule has 1 heterocycles. The number of aromatic nitrogens is 1. The van der Waals surface area contributed by atoms with Crippen LogP contribution >= 0.6 is 0 Å². The zero-order valence-corrected chi connectivity index (χ0v) is 39.7. The van der Waals surface area contributed by atoms with E-state index < -0.39 is 0 Å². The second-order valence-electron chi connectivity index (χ2n) is 20.6. The Labute approximate surface area is 399 Å². The first-order valence-corrected chi connectivity index (χ1v) is 24.0. The van der Waals surface area contributed by atoms with Crippen LogP contribution in [0.3, 0.4) is 0 Å². The van der Waals surface area contributed by atoms with Crippen molar-refractivity contribution < 1.29 is 0 Å². The molecule has 12 rings (SSSR count). The van der Waals surface area contributed by atoms with Gasteiger partial charge in [0.25, 0.3) is 0 Å². The smallest absolute Gasteiger partial charge is 0.0541 e. The molecule has 68 heavy (non-hydrogen) atoms. The Morgan fingerprint density at radius 3 is 1.24 bits per heavy atom. The molecule has 0 aliphatic rings. The number of para-hydroxylation sites is 4. The number of benzene rings is 11. The zero-order valence-electron chi connectivity index (χ0n) is 39.7. The Bertz CT molecular complexity index is 3780. The molecule has 328 valence electrons. The van der Waals surface area contributed by atoms with E-state index in [2.05, 4.69) is 269 Å². The highest BCUT2D eigenvalue weighted by molar-refractivity contribution is 6.28. The molecule has 1 aromatic heterocycles. The first-order valence-electron chi connectivity index (χ1n) is 24.0. The summed E-state index contributed by atoms with van der Waals surface area (Å²) in [6, 6.07) is 81.6. The maximum atomic E-state index is 2.53. The van der Waals surface area contributed by atoms with Crippen molar-refractivity contribution in [3.63, 3.8) is 0 Å². The largest absolute Gasteiger partial charge is 0.309 e. The lowest BCUT2D eigenvalue weighted by atomic mass is 9.86. The molecule has 0 unspecified atom stereocenters. The van der Waals surface area contributed by atoms with Crippen molar-refractivity contribution in [3.05, 3.63) is 230 Å². The van der Waals surface area contributed by atoms with Crippen molar-refractivity contribution >= 4 is 71.2 Å². The second-order valence-corrected chi connectivity index (χ2v) is 20.6. The van der Waals surface area contributed by atoms with E-state index in [0.717, 1.165) is 17.1 Å². The molecule has 0 aliphatic heterocycles. The van der Waals surface area contributed by atoms with Crippen LogP contribution in [0.4, 0.5) is 17.1 Å². The molecule has 0 saturated carbocycles. The third-order valence-corrected chi connectivity index (χ3v) is 14.3. The van der Waals surface area contributed by atoms with E-state index in [9.17, 15) is 0 Å². The van der Waals surface area contributed by atoms with Crippen LogP contribution in [0.2, 0.25) is 0 Å². The highest BCUT2D eigenvalue weighted by Gasteiger charge is 2.25. The minimum atomic E-state index is 0.0532. The van der Waals surface area contributed by atoms with Gasteiger partial charge in [-0.05, 0) is 102 Å². The van der Waals surface area contributed by atoms with Gasteiger partial charge in [0.05, 0.1) is 33.8 Å². The molecular weight excluding hydrogens is 821 g/mol. The molecule has 0 N–H and O–H groups in total. The lowest BCUT2D eigenvalue weighted by molar-refractivity contribution is 0.590. The molecule has 0 aliphatic carbocycles. The maximum Gasteiger partial charge on any atom is 0.0541 e. The summed E-state index contributed by atoms with van der Waals surface area (Å²) < 4.78 is 2.47. The van der Waals surface area contributed by atoms with Crippen LogP contribution < -0.4 is 4.90 Å². The van der Waals surface area contributed by atoms with Crippen LogP contribution in [-0.4, -0.2) is 4.57 Å². The molecule has 0 saturated heterocycles. The number of hydrogen-bond acceptors (Lipinski definition) is 1. The zero-order chi connectivity index (χ0) is 46.3. The molecule has 11 aromatic carbocycles. The lowest BCUT2D eigenvalue weighted by Gasteiger charge is -2.31. The molecule has 0 atom stereocenters. The van der Waals surface area contributed by atoms with E-state index in [-0.39, 0.29) is 10.8 Å². The molecule has 0 spiro atoms. The van der Waals surface area contributed by atoms with Gasteiger partial charge >= 0.3 is 0 Å². The van der Waals surface area contributed by atoms with Gasteiger partial charge in [0.1, 0.15) is 0 Å². The Morgan fingerprint density at radius 1 is 0.309 bits per heavy atom. The third kappa shape index (κ3) is 6.86. The van der Waals surface area contributed by atoms with Gasteiger partial charge in [0.15, 0.2) is 0 Å². The highest BCUT2D eigenvalue weighted by atomic mass is 15.1. The SMILES string of the molecule is CC(C)(C)c1ccc(-c2ccc(-c3ccccc3N(c3ccccc3-c3ccc(C(C)(C)C)cc3)c3ccc4ccc5c(-n6c7ccccc7c7ccccc76)ccc6ccc3c4c65)cc2)cc1. The predicted molar refractivity (Wildman–Crippen MR) is 293 cm³/mol. The highest BCUT2D eigenvalue weighted by Crippen LogP contribution is 2.50. The van der Waals surface area contributed by atoms with Gasteiger partial charge in [-0.3, -0.25) is 0 Å². The van der Waals surface area contributed by atoms with E-state index in [4.69, 9.17) is 0 Å². The van der Waals surface area contributed by atoms with Crippen LogP contribution in [0.1, 0.15) is 52.7 Å². The van der Waals surface area contributed by atoms with Crippen LogP contribution in [0.15, 0.2) is 218 Å². The first-order chi connectivity index (χ1) is 33.0. The lowest BCUT2D eigenvalue weighted by Crippen LogP contribution is -2.13. The van der Waals surface area contributed by atoms with Gasteiger partial charge in [-0.25, -0.2) is 0 Å². The molecule has 0 radical (unpaired) electrons. The first kappa shape index (κ1) is 41.5. The summed E-state index contributed by atoms with van der Waals surface area (Å²) in [4.78, 5) is 2.53. The molecule has 0 fully saturated rings. The fraction of sp³-hybridized carbons (Fsp3) is 0.121. The number of nitrogens with zero attached hydrogens (tertiary/aromatic N) is 2. The van der Waals surface area contributed by atoms with Crippen molar-refractivity contribution in [1.82, 2.24) is 4.57 Å². The fourth-order valence-electron chi connectivity index (χ4n) is 10.7. The summed E-state index contributed by atoms with van der Waals surface area (Å²) in [6.07, 6.45) is 0. The van der Waals surface area contributed by atoms with Crippen molar-refractivity contribution in [1.29, 1.82) is 0 Å². The minimum Gasteiger partial charge on any atom is -0.309 e. The van der Waals surface area contributed by atoms with Crippen LogP contribution in [-0.2, 0) is 10.8 Å². The topological polar surface area (TPSA) is 8.17 Å². The second kappa shape index (κ2) is 15.9. The summed E-state index contributed by atoms with van der Waals surface area (Å²) in [6.45, 7) is 13.7. The summed E-state index contributed by atoms with van der Waals surface area (Å²) in [5, 5.41) is 10.0. The van der Waals surface area contributed by atoms with E-state index >= 15 is 0 Å². The minimum absolute atomic E-state index is 0.0532. The van der Waals surface area contributed by atoms with Gasteiger partial charge < -0.3 is 9.47 Å². The summed E-state index contributed by atoms with van der Waals surface area (Å²) in [5.41, 5.74) is 16.9. The summed E-state index contributed by atoms with van der Waals surface area (Å²) >= 11 is 0. The van der Waals surface area contributed by atoms with Crippen LogP contribution in [0.5, 0.6) is 0 Å². The molecule has 2 nitrogen and oxygen atoms in total. The summed E-state index contributed by atoms with van der Waals surface area (Å²) in [7, 11) is 0. The molecular formula is C66H54N2. The monoisotopic (exact) mass is 874 g/mol. The maximum absolute atomic E-state index is 2.53. The molecule has 0 bridgehead atoms. The van der Waals surface area contributed by atoms with Crippen molar-refractivity contribution in [2.45, 2.75) is 52.4 Å². The van der Waals surface area contributed by atoms with Crippen molar-refractivity contribution in [2.75, 3.05) is 4.90 Å². The normalized spacial score (nSPS) is 12.3. The Morgan fingerprint density at radius 2 is 0.706 bits per heavy atom. The van der Waals surface area contributed by atoms with Gasteiger partial charge in [-0.2, -0.15) is 0 Å². The Hall–Kier alpha value is -7.94. The van der Waals surface area contributed by atoms with Gasteiger partial charge in [-0.15, -0.1) is 0 Å². The number of fused-ring (bicyclic) bond motifs is 3. The van der Waals surface area contributed by atoms with E-state index in [1.54, 1.807) is 0 Å². The quantitative estimate of drug-likeness (QED) is 0.145. The molecule has 0 amide bonds. The van der Waals surface area contributed by atoms with E-state index in [1.807, 2.05) is 0 Å². The fourth-order valence-corrected chi connectivity index (χ4v) is 10.7. The van der Waals surface area contributed by atoms with Crippen molar-refractivity contribution in [3.8, 4) is 39.1 Å². The number of hydrogen-bond donors (Lipinski definition) is 0. The van der Waals surface area contributed by atoms with Gasteiger partial charge in [0, 0.05) is 32.7 Å². The molecule has 12 aromatic rings. The van der Waals surface area contributed by atoms with Gasteiger partial charge in [-0.1, -0.05) is 224 Å². The third-order valence-electron chi connectivity index (χ3n) is 14.3. The number of anilines is 3. The van der Waals surface area contributed by atoms with Crippen LogP contribution in [0, 0.1) is 0 Å². The standard InChI is InChI=1S/C66H54N2/c1-65(2,3)49-35-27-44(28-36-49)43-23-25-45(26-24-43)51-15-7-11-19-57(51)67(58-20-12-8-16-52(58)46-29-37-50(38-30-46)66(4,5)6)61-41-33-47-32-40-56-62(42-34-48-31-39-55(61)63(47)64(48)56)68-59-21-13-9-17-53(59)54-18-10-14-22-60(54)68/h7-42H,1-6H3. The average Bonchev–Trinajstić information content (AvgIpc) is 3.70. The number of rotatable bonds is 7. The summed E-state index contributed by atoms with van der Waals surface area (Å²) in [5.74, 6) is 0. The van der Waals surface area contributed by atoms with Crippen molar-refractivity contribution in [2.24, 2.45) is 0 Å². The van der Waals surface area contributed by atoms with Gasteiger partial charge in [0.2, 0.25) is 0 Å².